The van der Waals surface area contributed by atoms with Gasteiger partial charge in [-0.05, 0) is 49.4 Å². The van der Waals surface area contributed by atoms with E-state index in [1.165, 1.54) is 19.3 Å². The zero-order chi connectivity index (χ0) is 17.1. The van der Waals surface area contributed by atoms with Crippen LogP contribution in [0.5, 0.6) is 0 Å². The maximum atomic E-state index is 10.2. The molecule has 3 heteroatoms. The molecule has 1 atom stereocenters. The standard InChI is InChI=1S/C19H38O3/c1-6-11-18(2,3)12-7-9-17(21)10-8-13-19(4,5)14-15-22-16-20/h16-17,21H,6-15H2,1-5H3. The first-order valence-electron chi connectivity index (χ1n) is 8.96. The molecule has 22 heavy (non-hydrogen) atoms. The van der Waals surface area contributed by atoms with Gasteiger partial charge in [-0.25, -0.2) is 0 Å². The summed E-state index contributed by atoms with van der Waals surface area (Å²) in [6, 6.07) is 0. The minimum atomic E-state index is -0.167. The summed E-state index contributed by atoms with van der Waals surface area (Å²) in [5.41, 5.74) is 0.584. The lowest BCUT2D eigenvalue weighted by atomic mass is 9.82. The van der Waals surface area contributed by atoms with Crippen molar-refractivity contribution in [3.8, 4) is 0 Å². The van der Waals surface area contributed by atoms with Crippen LogP contribution in [-0.4, -0.2) is 24.3 Å². The highest BCUT2D eigenvalue weighted by molar-refractivity contribution is 5.36. The molecule has 0 spiro atoms. The Morgan fingerprint density at radius 3 is 1.91 bits per heavy atom. The molecule has 0 saturated heterocycles. The smallest absolute Gasteiger partial charge is 0.293 e. The zero-order valence-corrected chi connectivity index (χ0v) is 15.5. The van der Waals surface area contributed by atoms with Crippen LogP contribution < -0.4 is 0 Å². The Hall–Kier alpha value is -0.570. The van der Waals surface area contributed by atoms with E-state index in [9.17, 15) is 9.90 Å². The molecule has 3 nitrogen and oxygen atoms in total. The van der Waals surface area contributed by atoms with Gasteiger partial charge in [-0.2, -0.15) is 0 Å². The minimum absolute atomic E-state index is 0.167. The summed E-state index contributed by atoms with van der Waals surface area (Å²) in [4.78, 5) is 10.2. The maximum Gasteiger partial charge on any atom is 0.293 e. The molecule has 132 valence electrons. The predicted octanol–water partition coefficient (Wildman–Crippen LogP) is 5.10. The summed E-state index contributed by atoms with van der Waals surface area (Å²) in [7, 11) is 0. The lowest BCUT2D eigenvalue weighted by molar-refractivity contribution is -0.129. The van der Waals surface area contributed by atoms with Crippen LogP contribution in [0.1, 0.15) is 92.4 Å². The third-order valence-electron chi connectivity index (χ3n) is 4.67. The molecule has 0 aromatic heterocycles. The monoisotopic (exact) mass is 314 g/mol. The highest BCUT2D eigenvalue weighted by Crippen LogP contribution is 2.30. The molecular weight excluding hydrogens is 276 g/mol. The van der Waals surface area contributed by atoms with Gasteiger partial charge in [0.1, 0.15) is 0 Å². The number of aliphatic hydroxyl groups is 1. The van der Waals surface area contributed by atoms with Gasteiger partial charge in [-0.15, -0.1) is 0 Å². The highest BCUT2D eigenvalue weighted by atomic mass is 16.5. The second-order valence-corrected chi connectivity index (χ2v) is 8.23. The van der Waals surface area contributed by atoms with Gasteiger partial charge < -0.3 is 9.84 Å². The van der Waals surface area contributed by atoms with E-state index in [0.717, 1.165) is 38.5 Å². The molecular formula is C19H38O3. The molecule has 1 unspecified atom stereocenters. The molecule has 0 aromatic rings. The number of carbonyl (C=O) groups excluding carboxylic acids is 1. The molecule has 0 bridgehead atoms. The van der Waals surface area contributed by atoms with E-state index in [4.69, 9.17) is 4.74 Å². The van der Waals surface area contributed by atoms with E-state index < -0.39 is 0 Å². The average Bonchev–Trinajstić information content (AvgIpc) is 2.38. The first kappa shape index (κ1) is 21.4. The van der Waals surface area contributed by atoms with Crippen molar-refractivity contribution in [2.45, 2.75) is 98.5 Å². The SMILES string of the molecule is CCCC(C)(C)CCCC(O)CCCC(C)(C)CCOC=O. The van der Waals surface area contributed by atoms with Crippen molar-refractivity contribution in [1.82, 2.24) is 0 Å². The molecule has 0 amide bonds. The van der Waals surface area contributed by atoms with E-state index >= 15 is 0 Å². The maximum absolute atomic E-state index is 10.2. The van der Waals surface area contributed by atoms with Gasteiger partial charge in [0.2, 0.25) is 0 Å². The van der Waals surface area contributed by atoms with Crippen LogP contribution in [0.3, 0.4) is 0 Å². The van der Waals surface area contributed by atoms with Crippen LogP contribution in [0.2, 0.25) is 0 Å². The number of aliphatic hydroxyl groups excluding tert-OH is 1. The molecule has 0 radical (unpaired) electrons. The van der Waals surface area contributed by atoms with Crippen molar-refractivity contribution in [3.05, 3.63) is 0 Å². The van der Waals surface area contributed by atoms with Gasteiger partial charge in [-0.1, -0.05) is 53.9 Å². The van der Waals surface area contributed by atoms with Gasteiger partial charge in [0.05, 0.1) is 12.7 Å². The quantitative estimate of drug-likeness (QED) is 0.358. The third-order valence-corrected chi connectivity index (χ3v) is 4.67. The van der Waals surface area contributed by atoms with Crippen LogP contribution >= 0.6 is 0 Å². The van der Waals surface area contributed by atoms with Crippen molar-refractivity contribution in [2.24, 2.45) is 10.8 Å². The zero-order valence-electron chi connectivity index (χ0n) is 15.5. The largest absolute Gasteiger partial charge is 0.468 e. The second-order valence-electron chi connectivity index (χ2n) is 8.23. The molecule has 0 aromatic carbocycles. The predicted molar refractivity (Wildman–Crippen MR) is 92.8 cm³/mol. The molecule has 0 fully saturated rings. The van der Waals surface area contributed by atoms with E-state index in [-0.39, 0.29) is 11.5 Å². The summed E-state index contributed by atoms with van der Waals surface area (Å²) in [6.07, 6.45) is 9.43. The van der Waals surface area contributed by atoms with Crippen molar-refractivity contribution < 1.29 is 14.6 Å². The Bertz CT molecular complexity index is 284. The normalized spacial score (nSPS) is 13.9. The van der Waals surface area contributed by atoms with E-state index in [0.29, 0.717) is 18.5 Å². The van der Waals surface area contributed by atoms with Crippen molar-refractivity contribution in [3.63, 3.8) is 0 Å². The molecule has 1 N–H and O–H groups in total. The van der Waals surface area contributed by atoms with E-state index in [1.54, 1.807) is 0 Å². The topological polar surface area (TPSA) is 46.5 Å². The Balaban J connectivity index is 3.76. The fraction of sp³-hybridized carbons (Fsp3) is 0.947. The molecule has 0 aliphatic carbocycles. The van der Waals surface area contributed by atoms with Gasteiger partial charge in [0, 0.05) is 0 Å². The first-order valence-corrected chi connectivity index (χ1v) is 8.96. The van der Waals surface area contributed by atoms with E-state index in [2.05, 4.69) is 34.6 Å². The molecule has 0 aliphatic rings. The first-order chi connectivity index (χ1) is 10.2. The van der Waals surface area contributed by atoms with Crippen molar-refractivity contribution in [1.29, 1.82) is 0 Å². The van der Waals surface area contributed by atoms with Crippen molar-refractivity contribution >= 4 is 6.47 Å². The minimum Gasteiger partial charge on any atom is -0.468 e. The van der Waals surface area contributed by atoms with Crippen molar-refractivity contribution in [2.75, 3.05) is 6.61 Å². The molecule has 0 heterocycles. The van der Waals surface area contributed by atoms with Gasteiger partial charge in [-0.3, -0.25) is 4.79 Å². The Morgan fingerprint density at radius 1 is 0.955 bits per heavy atom. The Labute approximate surface area is 137 Å². The van der Waals surface area contributed by atoms with Crippen LogP contribution in [0.4, 0.5) is 0 Å². The van der Waals surface area contributed by atoms with Gasteiger partial charge in [0.15, 0.2) is 0 Å². The van der Waals surface area contributed by atoms with Crippen LogP contribution in [0.25, 0.3) is 0 Å². The van der Waals surface area contributed by atoms with Crippen LogP contribution in [-0.2, 0) is 9.53 Å². The number of hydrogen-bond donors (Lipinski definition) is 1. The fourth-order valence-electron chi connectivity index (χ4n) is 3.09. The summed E-state index contributed by atoms with van der Waals surface area (Å²) < 4.78 is 4.77. The molecule has 0 aliphatic heterocycles. The summed E-state index contributed by atoms with van der Waals surface area (Å²) in [5.74, 6) is 0. The third kappa shape index (κ3) is 12.0. The number of ether oxygens (including phenoxy) is 1. The average molecular weight is 315 g/mol. The number of carbonyl (C=O) groups is 1. The van der Waals surface area contributed by atoms with Gasteiger partial charge >= 0.3 is 0 Å². The van der Waals surface area contributed by atoms with Gasteiger partial charge in [0.25, 0.3) is 6.47 Å². The lowest BCUT2D eigenvalue weighted by Gasteiger charge is -2.25. The Kier molecular flexibility index (Phi) is 10.8. The van der Waals surface area contributed by atoms with Crippen LogP contribution in [0.15, 0.2) is 0 Å². The summed E-state index contributed by atoms with van der Waals surface area (Å²) in [6.45, 7) is 12.3. The molecule has 0 saturated carbocycles. The summed E-state index contributed by atoms with van der Waals surface area (Å²) >= 11 is 0. The molecule has 0 rings (SSSR count). The highest BCUT2D eigenvalue weighted by Gasteiger charge is 2.19. The Morgan fingerprint density at radius 2 is 1.45 bits per heavy atom. The lowest BCUT2D eigenvalue weighted by Crippen LogP contribution is -2.16. The number of hydrogen-bond acceptors (Lipinski definition) is 3. The fourth-order valence-corrected chi connectivity index (χ4v) is 3.09. The van der Waals surface area contributed by atoms with E-state index in [1.807, 2.05) is 0 Å². The van der Waals surface area contributed by atoms with Crippen LogP contribution in [0, 0.1) is 10.8 Å². The summed E-state index contributed by atoms with van der Waals surface area (Å²) in [5, 5.41) is 10.1. The number of rotatable bonds is 14. The second kappa shape index (κ2) is 11.0.